The molecular formula is C21H23N5O. The number of nitrogens with zero attached hydrogens (tertiary/aromatic N) is 3. The van der Waals surface area contributed by atoms with Crippen LogP contribution in [-0.2, 0) is 0 Å². The number of nitrogens with one attached hydrogen (secondary N) is 2. The van der Waals surface area contributed by atoms with Gasteiger partial charge >= 0.3 is 0 Å². The topological polar surface area (TPSA) is 70.2 Å². The third-order valence-electron chi connectivity index (χ3n) is 4.00. The summed E-state index contributed by atoms with van der Waals surface area (Å²) in [7, 11) is 3.94. The van der Waals surface area contributed by atoms with Gasteiger partial charge < -0.3 is 15.5 Å². The van der Waals surface area contributed by atoms with Crippen molar-refractivity contribution in [3.8, 4) is 0 Å². The zero-order valence-electron chi connectivity index (χ0n) is 15.9. The Morgan fingerprint density at radius 1 is 0.926 bits per heavy atom. The standard InChI is InChI=1S/C21H23N5O/c1-14-6-5-7-17(12-14)24-21-22-15(2)13-19(25-21)20(27)23-16-8-10-18(11-9-16)26(3)4/h5-13H,1-4H3,(H,23,27)(H,22,24,25). The van der Waals surface area contributed by atoms with Gasteiger partial charge in [-0.1, -0.05) is 12.1 Å². The Balaban J connectivity index is 1.77. The smallest absolute Gasteiger partial charge is 0.274 e. The van der Waals surface area contributed by atoms with E-state index in [4.69, 9.17) is 0 Å². The Bertz CT molecular complexity index is 951. The highest BCUT2D eigenvalue weighted by atomic mass is 16.1. The minimum absolute atomic E-state index is 0.273. The molecule has 1 amide bonds. The molecule has 6 heteroatoms. The number of aryl methyl sites for hydroxylation is 2. The second kappa shape index (κ2) is 7.86. The SMILES string of the molecule is Cc1cccc(Nc2nc(C)cc(C(=O)Nc3ccc(N(C)C)cc3)n2)c1. The summed E-state index contributed by atoms with van der Waals surface area (Å²) in [6.45, 7) is 3.86. The number of hydrogen-bond donors (Lipinski definition) is 2. The van der Waals surface area contributed by atoms with Gasteiger partial charge in [-0.2, -0.15) is 0 Å². The zero-order chi connectivity index (χ0) is 19.4. The van der Waals surface area contributed by atoms with Gasteiger partial charge in [-0.25, -0.2) is 9.97 Å². The monoisotopic (exact) mass is 361 g/mol. The van der Waals surface area contributed by atoms with Crippen molar-refractivity contribution in [1.82, 2.24) is 9.97 Å². The lowest BCUT2D eigenvalue weighted by molar-refractivity contribution is 0.102. The van der Waals surface area contributed by atoms with Crippen LogP contribution in [0.5, 0.6) is 0 Å². The Morgan fingerprint density at radius 2 is 1.67 bits per heavy atom. The molecule has 27 heavy (non-hydrogen) atoms. The molecule has 2 N–H and O–H groups in total. The lowest BCUT2D eigenvalue weighted by Crippen LogP contribution is -2.16. The first-order valence-electron chi connectivity index (χ1n) is 8.69. The fraction of sp³-hybridized carbons (Fsp3) is 0.190. The van der Waals surface area contributed by atoms with Crippen molar-refractivity contribution in [3.05, 3.63) is 71.5 Å². The zero-order valence-corrected chi connectivity index (χ0v) is 15.9. The van der Waals surface area contributed by atoms with Crippen molar-refractivity contribution in [3.63, 3.8) is 0 Å². The molecule has 3 aromatic rings. The van der Waals surface area contributed by atoms with Gasteiger partial charge in [0.05, 0.1) is 0 Å². The summed E-state index contributed by atoms with van der Waals surface area (Å²) < 4.78 is 0. The lowest BCUT2D eigenvalue weighted by Gasteiger charge is -2.13. The first kappa shape index (κ1) is 18.4. The van der Waals surface area contributed by atoms with E-state index in [1.54, 1.807) is 6.07 Å². The molecule has 0 saturated carbocycles. The van der Waals surface area contributed by atoms with Gasteiger partial charge in [0.15, 0.2) is 0 Å². The van der Waals surface area contributed by atoms with E-state index in [-0.39, 0.29) is 5.91 Å². The van der Waals surface area contributed by atoms with Crippen molar-refractivity contribution in [2.24, 2.45) is 0 Å². The van der Waals surface area contributed by atoms with E-state index >= 15 is 0 Å². The molecule has 0 bridgehead atoms. The van der Waals surface area contributed by atoms with E-state index in [2.05, 4.69) is 20.6 Å². The fourth-order valence-corrected chi connectivity index (χ4v) is 2.63. The molecule has 3 rings (SSSR count). The van der Waals surface area contributed by atoms with E-state index in [0.717, 1.165) is 22.6 Å². The molecule has 0 fully saturated rings. The molecule has 0 radical (unpaired) electrons. The molecule has 1 aromatic heterocycles. The molecule has 138 valence electrons. The van der Waals surface area contributed by atoms with Crippen LogP contribution in [0.2, 0.25) is 0 Å². The Hall–Kier alpha value is -3.41. The van der Waals surface area contributed by atoms with Crippen molar-refractivity contribution < 1.29 is 4.79 Å². The van der Waals surface area contributed by atoms with Crippen molar-refractivity contribution in [2.75, 3.05) is 29.6 Å². The van der Waals surface area contributed by atoms with Crippen molar-refractivity contribution in [1.29, 1.82) is 0 Å². The molecule has 0 aliphatic heterocycles. The molecule has 0 aliphatic rings. The normalized spacial score (nSPS) is 10.4. The summed E-state index contributed by atoms with van der Waals surface area (Å²) >= 11 is 0. The van der Waals surface area contributed by atoms with Gasteiger partial charge in [-0.05, 0) is 61.9 Å². The van der Waals surface area contributed by atoms with Gasteiger partial charge in [0.2, 0.25) is 5.95 Å². The minimum atomic E-state index is -0.273. The van der Waals surface area contributed by atoms with E-state index in [9.17, 15) is 4.79 Å². The van der Waals surface area contributed by atoms with E-state index in [1.807, 2.05) is 81.4 Å². The van der Waals surface area contributed by atoms with Crippen LogP contribution in [0.3, 0.4) is 0 Å². The van der Waals surface area contributed by atoms with Gasteiger partial charge in [-0.3, -0.25) is 4.79 Å². The van der Waals surface area contributed by atoms with Gasteiger partial charge in [-0.15, -0.1) is 0 Å². The second-order valence-corrected chi connectivity index (χ2v) is 6.61. The van der Waals surface area contributed by atoms with Gasteiger partial charge in [0.25, 0.3) is 5.91 Å². The predicted molar refractivity (Wildman–Crippen MR) is 110 cm³/mol. The number of aromatic nitrogens is 2. The molecule has 2 aromatic carbocycles. The van der Waals surface area contributed by atoms with E-state index in [1.165, 1.54) is 0 Å². The van der Waals surface area contributed by atoms with Gasteiger partial charge in [0, 0.05) is 36.9 Å². The highest BCUT2D eigenvalue weighted by Gasteiger charge is 2.11. The molecule has 1 heterocycles. The van der Waals surface area contributed by atoms with Crippen LogP contribution >= 0.6 is 0 Å². The van der Waals surface area contributed by atoms with Crippen LogP contribution in [0.25, 0.3) is 0 Å². The number of carbonyl (C=O) groups is 1. The number of benzene rings is 2. The molecule has 0 spiro atoms. The summed E-state index contributed by atoms with van der Waals surface area (Å²) in [6.07, 6.45) is 0. The van der Waals surface area contributed by atoms with E-state index < -0.39 is 0 Å². The molecule has 0 atom stereocenters. The van der Waals surface area contributed by atoms with Crippen LogP contribution in [0.15, 0.2) is 54.6 Å². The Morgan fingerprint density at radius 3 is 2.33 bits per heavy atom. The van der Waals surface area contributed by atoms with Crippen LogP contribution in [0.1, 0.15) is 21.7 Å². The van der Waals surface area contributed by atoms with Crippen LogP contribution in [0, 0.1) is 13.8 Å². The summed E-state index contributed by atoms with van der Waals surface area (Å²) in [5.74, 6) is 0.124. The molecular weight excluding hydrogens is 338 g/mol. The number of anilines is 4. The van der Waals surface area contributed by atoms with Crippen LogP contribution in [-0.4, -0.2) is 30.0 Å². The minimum Gasteiger partial charge on any atom is -0.378 e. The fourth-order valence-electron chi connectivity index (χ4n) is 2.63. The number of amides is 1. The molecule has 6 nitrogen and oxygen atoms in total. The average molecular weight is 361 g/mol. The van der Waals surface area contributed by atoms with Crippen molar-refractivity contribution in [2.45, 2.75) is 13.8 Å². The third-order valence-corrected chi connectivity index (χ3v) is 4.00. The van der Waals surface area contributed by atoms with Crippen molar-refractivity contribution >= 4 is 28.9 Å². The number of carbonyl (C=O) groups excluding carboxylic acids is 1. The summed E-state index contributed by atoms with van der Waals surface area (Å²) in [4.78, 5) is 23.3. The second-order valence-electron chi connectivity index (χ2n) is 6.61. The van der Waals surface area contributed by atoms with Crippen LogP contribution < -0.4 is 15.5 Å². The van der Waals surface area contributed by atoms with Crippen LogP contribution in [0.4, 0.5) is 23.0 Å². The summed E-state index contributed by atoms with van der Waals surface area (Å²) in [5.41, 5.74) is 4.83. The van der Waals surface area contributed by atoms with E-state index in [0.29, 0.717) is 17.3 Å². The van der Waals surface area contributed by atoms with Gasteiger partial charge in [0.1, 0.15) is 5.69 Å². The maximum Gasteiger partial charge on any atom is 0.274 e. The first-order chi connectivity index (χ1) is 12.9. The molecule has 0 unspecified atom stereocenters. The molecule has 0 saturated heterocycles. The summed E-state index contributed by atoms with van der Waals surface area (Å²) in [5, 5.41) is 6.03. The summed E-state index contributed by atoms with van der Waals surface area (Å²) in [6, 6.07) is 17.2. The average Bonchev–Trinajstić information content (AvgIpc) is 2.61. The Kier molecular flexibility index (Phi) is 5.35. The predicted octanol–water partition coefficient (Wildman–Crippen LogP) is 4.16. The molecule has 0 aliphatic carbocycles. The first-order valence-corrected chi connectivity index (χ1v) is 8.69. The number of hydrogen-bond acceptors (Lipinski definition) is 5. The lowest BCUT2D eigenvalue weighted by atomic mass is 10.2. The quantitative estimate of drug-likeness (QED) is 0.714. The number of rotatable bonds is 5. The maximum absolute atomic E-state index is 12.6. The largest absolute Gasteiger partial charge is 0.378 e. The Labute approximate surface area is 159 Å². The highest BCUT2D eigenvalue weighted by molar-refractivity contribution is 6.03. The highest BCUT2D eigenvalue weighted by Crippen LogP contribution is 2.18. The third kappa shape index (κ3) is 4.82. The maximum atomic E-state index is 12.6.